The smallest absolute Gasteiger partial charge is 0.282 e. The van der Waals surface area contributed by atoms with E-state index in [4.69, 9.17) is 28.8 Å². The average Bonchev–Trinajstić information content (AvgIpc) is 2.21. The van der Waals surface area contributed by atoms with Crippen LogP contribution in [0.5, 0.6) is 0 Å². The van der Waals surface area contributed by atoms with E-state index >= 15 is 0 Å². The quantitative estimate of drug-likeness (QED) is 0.464. The van der Waals surface area contributed by atoms with Crippen molar-refractivity contribution in [1.82, 2.24) is 14.9 Å². The number of thiocarbonyl (C=S) groups is 1. The molecule has 10 heteroatoms. The molecule has 6 N–H and O–H groups in total. The lowest BCUT2D eigenvalue weighted by Crippen LogP contribution is -2.38. The maximum absolute atomic E-state index is 11.7. The lowest BCUT2D eigenvalue weighted by atomic mass is 10.3. The summed E-state index contributed by atoms with van der Waals surface area (Å²) in [4.78, 5) is 20.1. The van der Waals surface area contributed by atoms with Gasteiger partial charge in [0.1, 0.15) is 0 Å². The third-order valence-electron chi connectivity index (χ3n) is 1.74. The van der Waals surface area contributed by atoms with E-state index in [0.29, 0.717) is 0 Å². The normalized spacial score (nSPS) is 9.29. The van der Waals surface area contributed by atoms with Gasteiger partial charge in [-0.2, -0.15) is 0 Å². The van der Waals surface area contributed by atoms with Crippen molar-refractivity contribution >= 4 is 70.5 Å². The number of rotatable bonds is 1. The number of nitrogens with zero attached hydrogens (tertiary/aromatic N) is 3. The van der Waals surface area contributed by atoms with Crippen LogP contribution in [-0.2, 0) is 0 Å². The summed E-state index contributed by atoms with van der Waals surface area (Å²) in [6.45, 7) is 0. The highest BCUT2D eigenvalue weighted by molar-refractivity contribution is 14.0. The molecule has 0 saturated heterocycles. The highest BCUT2D eigenvalue weighted by atomic mass is 127. The lowest BCUT2D eigenvalue weighted by molar-refractivity contribution is 0.0867. The number of halogens is 2. The Labute approximate surface area is 125 Å². The molecule has 1 rings (SSSR count). The van der Waals surface area contributed by atoms with Crippen LogP contribution in [-0.4, -0.2) is 32.9 Å². The fourth-order valence-corrected chi connectivity index (χ4v) is 1.07. The Balaban J connectivity index is 0.00000256. The lowest BCUT2D eigenvalue weighted by Gasteiger charge is -2.15. The maximum Gasteiger partial charge on any atom is 0.282 e. The minimum absolute atomic E-state index is 0. The van der Waals surface area contributed by atoms with Crippen molar-refractivity contribution < 1.29 is 4.79 Å². The van der Waals surface area contributed by atoms with Crippen LogP contribution in [0.4, 0.5) is 11.6 Å². The largest absolute Gasteiger partial charge is 0.382 e. The number of anilines is 2. The van der Waals surface area contributed by atoms with Gasteiger partial charge in [0.25, 0.3) is 5.91 Å². The van der Waals surface area contributed by atoms with Crippen LogP contribution in [0.2, 0.25) is 5.15 Å². The summed E-state index contributed by atoms with van der Waals surface area (Å²) in [5.41, 5.74) is 16.0. The van der Waals surface area contributed by atoms with E-state index in [1.807, 2.05) is 0 Å². The predicted molar refractivity (Wildman–Crippen MR) is 80.2 cm³/mol. The van der Waals surface area contributed by atoms with Crippen LogP contribution in [0.25, 0.3) is 0 Å². The van der Waals surface area contributed by atoms with Crippen molar-refractivity contribution in [3.05, 3.63) is 10.8 Å². The van der Waals surface area contributed by atoms with Gasteiger partial charge in [0, 0.05) is 7.05 Å². The van der Waals surface area contributed by atoms with Gasteiger partial charge in [-0.1, -0.05) is 11.6 Å². The van der Waals surface area contributed by atoms with Gasteiger partial charge in [-0.3, -0.25) is 9.69 Å². The van der Waals surface area contributed by atoms with E-state index in [0.717, 1.165) is 4.90 Å². The van der Waals surface area contributed by atoms with Crippen molar-refractivity contribution in [1.29, 1.82) is 0 Å². The number of nitrogen functional groups attached to an aromatic ring is 2. The van der Waals surface area contributed by atoms with Crippen LogP contribution >= 0.6 is 47.8 Å². The molecule has 1 amide bonds. The van der Waals surface area contributed by atoms with Crippen molar-refractivity contribution in [2.75, 3.05) is 18.5 Å². The highest BCUT2D eigenvalue weighted by Gasteiger charge is 2.20. The Morgan fingerprint density at radius 2 is 1.88 bits per heavy atom. The number of carbonyl (C=O) groups excluding carboxylic acids is 1. The van der Waals surface area contributed by atoms with Crippen LogP contribution in [0.1, 0.15) is 10.5 Å². The number of hydrogen-bond acceptors (Lipinski definition) is 6. The van der Waals surface area contributed by atoms with Gasteiger partial charge >= 0.3 is 0 Å². The number of carbonyl (C=O) groups is 1. The molecule has 0 aliphatic rings. The zero-order valence-electron chi connectivity index (χ0n) is 8.68. The molecular weight excluding hydrogens is 379 g/mol. The SMILES string of the molecule is CN(C(=O)c1nc(Cl)c(N)nc1N)C(N)=S.I. The Morgan fingerprint density at radius 3 is 2.35 bits per heavy atom. The molecular formula is C7H10ClIN6OS. The first-order chi connectivity index (χ1) is 7.34. The zero-order valence-corrected chi connectivity index (χ0v) is 12.6. The van der Waals surface area contributed by atoms with Crippen LogP contribution < -0.4 is 17.2 Å². The molecule has 94 valence electrons. The molecule has 17 heavy (non-hydrogen) atoms. The van der Waals surface area contributed by atoms with Crippen LogP contribution in [0, 0.1) is 0 Å². The van der Waals surface area contributed by atoms with E-state index in [1.165, 1.54) is 7.05 Å². The zero-order chi connectivity index (χ0) is 12.5. The van der Waals surface area contributed by atoms with Crippen LogP contribution in [0.3, 0.4) is 0 Å². The second-order valence-electron chi connectivity index (χ2n) is 2.84. The second kappa shape index (κ2) is 6.12. The summed E-state index contributed by atoms with van der Waals surface area (Å²) in [7, 11) is 1.38. The first kappa shape index (κ1) is 16.1. The highest BCUT2D eigenvalue weighted by Crippen LogP contribution is 2.18. The summed E-state index contributed by atoms with van der Waals surface area (Å²) in [6, 6.07) is 0. The molecule has 0 bridgehead atoms. The van der Waals surface area contributed by atoms with Gasteiger partial charge in [0.15, 0.2) is 27.6 Å². The summed E-state index contributed by atoms with van der Waals surface area (Å²) >= 11 is 10.3. The third-order valence-corrected chi connectivity index (χ3v) is 2.29. The summed E-state index contributed by atoms with van der Waals surface area (Å²) in [6.07, 6.45) is 0. The molecule has 0 aliphatic carbocycles. The minimum Gasteiger partial charge on any atom is -0.382 e. The number of amides is 1. The Bertz CT molecular complexity index is 470. The number of aromatic nitrogens is 2. The fraction of sp³-hybridized carbons (Fsp3) is 0.143. The van der Waals surface area contributed by atoms with Gasteiger partial charge < -0.3 is 17.2 Å². The molecule has 1 aromatic rings. The standard InChI is InChI=1S/C7H9ClN6OS.HI/c1-14(7(11)16)6(15)2-4(9)13-5(10)3(8)12-2;/h1H3,(H2,11,16)(H4,9,10,13);1H. The number of hydrogen-bond donors (Lipinski definition) is 3. The second-order valence-corrected chi connectivity index (χ2v) is 3.61. The van der Waals surface area contributed by atoms with Crippen molar-refractivity contribution in [2.24, 2.45) is 5.73 Å². The van der Waals surface area contributed by atoms with E-state index in [1.54, 1.807) is 0 Å². The predicted octanol–water partition coefficient (Wildman–Crippen LogP) is 0.228. The fourth-order valence-electron chi connectivity index (χ4n) is 0.858. The first-order valence-corrected chi connectivity index (χ1v) is 4.79. The Morgan fingerprint density at radius 1 is 1.35 bits per heavy atom. The first-order valence-electron chi connectivity index (χ1n) is 4.00. The van der Waals surface area contributed by atoms with E-state index in [9.17, 15) is 4.79 Å². The van der Waals surface area contributed by atoms with Gasteiger partial charge in [-0.25, -0.2) is 9.97 Å². The Kier molecular flexibility index (Phi) is 5.78. The minimum atomic E-state index is -0.598. The van der Waals surface area contributed by atoms with E-state index < -0.39 is 5.91 Å². The number of nitrogens with two attached hydrogens (primary N) is 3. The summed E-state index contributed by atoms with van der Waals surface area (Å²) in [5, 5.41) is -0.215. The summed E-state index contributed by atoms with van der Waals surface area (Å²) < 4.78 is 0. The molecule has 0 aromatic carbocycles. The van der Waals surface area contributed by atoms with Crippen molar-refractivity contribution in [2.45, 2.75) is 0 Å². The average molecular weight is 389 g/mol. The molecule has 0 aliphatic heterocycles. The molecule has 7 nitrogen and oxygen atoms in total. The molecule has 0 unspecified atom stereocenters. The van der Waals surface area contributed by atoms with Crippen LogP contribution in [0.15, 0.2) is 0 Å². The van der Waals surface area contributed by atoms with Crippen molar-refractivity contribution in [3.8, 4) is 0 Å². The molecule has 0 atom stereocenters. The van der Waals surface area contributed by atoms with Gasteiger partial charge in [0.05, 0.1) is 0 Å². The Hall–Kier alpha value is -0.940. The third kappa shape index (κ3) is 3.51. The molecule has 0 radical (unpaired) electrons. The molecule has 0 fully saturated rings. The molecule has 0 spiro atoms. The van der Waals surface area contributed by atoms with Crippen molar-refractivity contribution in [3.63, 3.8) is 0 Å². The van der Waals surface area contributed by atoms with Gasteiger partial charge in [0.2, 0.25) is 0 Å². The topological polar surface area (TPSA) is 124 Å². The van der Waals surface area contributed by atoms with E-state index in [-0.39, 0.29) is 51.6 Å². The van der Waals surface area contributed by atoms with E-state index in [2.05, 4.69) is 22.2 Å². The van der Waals surface area contributed by atoms with Gasteiger partial charge in [-0.05, 0) is 12.2 Å². The monoisotopic (exact) mass is 388 g/mol. The summed E-state index contributed by atoms with van der Waals surface area (Å²) in [5.74, 6) is -0.775. The molecule has 1 aromatic heterocycles. The molecule has 0 saturated carbocycles. The maximum atomic E-state index is 11.7. The molecule has 1 heterocycles. The van der Waals surface area contributed by atoms with Gasteiger partial charge in [-0.15, -0.1) is 24.0 Å².